The van der Waals surface area contributed by atoms with Crippen LogP contribution in [0.25, 0.3) is 0 Å². The van der Waals surface area contributed by atoms with Crippen molar-refractivity contribution < 1.29 is 18.4 Å². The maximum atomic E-state index is 13.2. The first kappa shape index (κ1) is 18.2. The number of anilines is 1. The first-order valence-electron chi connectivity index (χ1n) is 7.40. The Balaban J connectivity index is 1.77. The molecule has 2 heterocycles. The number of aromatic nitrogens is 2. The standard InChI is InChI=1S/C17H12Cl2FN3O3/c1-9-13(8-25-12-4-2-3-11(20)6-12)15(23-26-9)17(24)22-16-14(19)5-10(18)7-21-16/h2-7H,8H2,1H3,(H,21,22,24). The number of pyridine rings is 1. The highest BCUT2D eigenvalue weighted by Crippen LogP contribution is 2.24. The fraction of sp³-hybridized carbons (Fsp3) is 0.118. The van der Waals surface area contributed by atoms with Crippen molar-refractivity contribution in [1.82, 2.24) is 10.1 Å². The van der Waals surface area contributed by atoms with Gasteiger partial charge >= 0.3 is 0 Å². The number of nitrogens with one attached hydrogen (secondary N) is 1. The molecule has 1 amide bonds. The maximum Gasteiger partial charge on any atom is 0.279 e. The average molecular weight is 396 g/mol. The van der Waals surface area contributed by atoms with Crippen LogP contribution in [-0.2, 0) is 6.61 Å². The van der Waals surface area contributed by atoms with E-state index >= 15 is 0 Å². The highest BCUT2D eigenvalue weighted by atomic mass is 35.5. The molecule has 0 aliphatic carbocycles. The van der Waals surface area contributed by atoms with Gasteiger partial charge < -0.3 is 14.6 Å². The number of carbonyl (C=O) groups is 1. The van der Waals surface area contributed by atoms with Gasteiger partial charge in [0.2, 0.25) is 0 Å². The highest BCUT2D eigenvalue weighted by Gasteiger charge is 2.21. The van der Waals surface area contributed by atoms with Crippen molar-refractivity contribution in [3.63, 3.8) is 0 Å². The van der Waals surface area contributed by atoms with Gasteiger partial charge in [0, 0.05) is 12.3 Å². The smallest absolute Gasteiger partial charge is 0.279 e. The van der Waals surface area contributed by atoms with Gasteiger partial charge in [-0.2, -0.15) is 0 Å². The second-order valence-corrected chi connectivity index (χ2v) is 6.09. The molecule has 0 radical (unpaired) electrons. The zero-order valence-electron chi connectivity index (χ0n) is 13.4. The van der Waals surface area contributed by atoms with Gasteiger partial charge in [0.05, 0.1) is 15.6 Å². The molecule has 6 nitrogen and oxygen atoms in total. The average Bonchev–Trinajstić information content (AvgIpc) is 2.96. The van der Waals surface area contributed by atoms with Gasteiger partial charge in [0.1, 0.15) is 23.9 Å². The summed E-state index contributed by atoms with van der Waals surface area (Å²) in [5.74, 6) is -0.137. The summed E-state index contributed by atoms with van der Waals surface area (Å²) in [4.78, 5) is 16.4. The minimum atomic E-state index is -0.573. The molecule has 26 heavy (non-hydrogen) atoms. The van der Waals surface area contributed by atoms with E-state index in [2.05, 4.69) is 15.5 Å². The van der Waals surface area contributed by atoms with E-state index < -0.39 is 11.7 Å². The number of rotatable bonds is 5. The summed E-state index contributed by atoms with van der Waals surface area (Å²) < 4.78 is 23.8. The number of nitrogens with zero attached hydrogens (tertiary/aromatic N) is 2. The van der Waals surface area contributed by atoms with Crippen molar-refractivity contribution in [3.8, 4) is 5.75 Å². The molecule has 0 fully saturated rings. The quantitative estimate of drug-likeness (QED) is 0.679. The lowest BCUT2D eigenvalue weighted by atomic mass is 10.2. The molecule has 2 aromatic heterocycles. The number of hydrogen-bond acceptors (Lipinski definition) is 5. The molecule has 1 aromatic carbocycles. The Morgan fingerprint density at radius 1 is 1.35 bits per heavy atom. The Kier molecular flexibility index (Phi) is 5.39. The topological polar surface area (TPSA) is 77.3 Å². The predicted molar refractivity (Wildman–Crippen MR) is 94.2 cm³/mol. The molecule has 3 rings (SSSR count). The third-order valence-electron chi connectivity index (χ3n) is 3.42. The molecule has 134 valence electrons. The van der Waals surface area contributed by atoms with Gasteiger partial charge in [-0.25, -0.2) is 9.37 Å². The van der Waals surface area contributed by atoms with Gasteiger partial charge in [0.25, 0.3) is 5.91 Å². The van der Waals surface area contributed by atoms with Crippen LogP contribution in [0, 0.1) is 12.7 Å². The first-order chi connectivity index (χ1) is 12.4. The molecule has 0 unspecified atom stereocenters. The number of carbonyl (C=O) groups excluding carboxylic acids is 1. The largest absolute Gasteiger partial charge is 0.489 e. The van der Waals surface area contributed by atoms with Crippen molar-refractivity contribution >= 4 is 34.9 Å². The molecular weight excluding hydrogens is 384 g/mol. The second kappa shape index (κ2) is 7.72. The van der Waals surface area contributed by atoms with Gasteiger partial charge in [-0.1, -0.05) is 34.4 Å². The van der Waals surface area contributed by atoms with Crippen LogP contribution in [-0.4, -0.2) is 16.0 Å². The third-order valence-corrected chi connectivity index (χ3v) is 3.91. The third kappa shape index (κ3) is 4.12. The lowest BCUT2D eigenvalue weighted by molar-refractivity contribution is 0.101. The number of hydrogen-bond donors (Lipinski definition) is 1. The van der Waals surface area contributed by atoms with Crippen LogP contribution in [0.1, 0.15) is 21.8 Å². The molecule has 0 saturated heterocycles. The number of benzene rings is 1. The minimum absolute atomic E-state index is 0.0201. The predicted octanol–water partition coefficient (Wildman–Crippen LogP) is 4.66. The van der Waals surface area contributed by atoms with E-state index in [4.69, 9.17) is 32.5 Å². The van der Waals surface area contributed by atoms with Crippen molar-refractivity contribution in [2.75, 3.05) is 5.32 Å². The van der Waals surface area contributed by atoms with Crippen LogP contribution in [0.15, 0.2) is 41.1 Å². The molecule has 0 aliphatic heterocycles. The van der Waals surface area contributed by atoms with Gasteiger partial charge in [-0.3, -0.25) is 4.79 Å². The van der Waals surface area contributed by atoms with Crippen LogP contribution in [0.2, 0.25) is 10.0 Å². The number of amides is 1. The summed E-state index contributed by atoms with van der Waals surface area (Å²) in [7, 11) is 0. The van der Waals surface area contributed by atoms with Crippen LogP contribution in [0.5, 0.6) is 5.75 Å². The Bertz CT molecular complexity index is 962. The van der Waals surface area contributed by atoms with Crippen LogP contribution in [0.3, 0.4) is 0 Å². The molecule has 3 aromatic rings. The maximum absolute atomic E-state index is 13.2. The lowest BCUT2D eigenvalue weighted by Gasteiger charge is -2.08. The van der Waals surface area contributed by atoms with E-state index in [0.717, 1.165) is 0 Å². The van der Waals surface area contributed by atoms with Crippen molar-refractivity contribution in [1.29, 1.82) is 0 Å². The van der Waals surface area contributed by atoms with Gasteiger partial charge in [0.15, 0.2) is 11.5 Å². The summed E-state index contributed by atoms with van der Waals surface area (Å²) in [5, 5.41) is 6.81. The second-order valence-electron chi connectivity index (χ2n) is 5.25. The van der Waals surface area contributed by atoms with Crippen molar-refractivity contribution in [2.45, 2.75) is 13.5 Å². The fourth-order valence-corrected chi connectivity index (χ4v) is 2.55. The van der Waals surface area contributed by atoms with Crippen LogP contribution < -0.4 is 10.1 Å². The van der Waals surface area contributed by atoms with E-state index in [1.54, 1.807) is 13.0 Å². The molecule has 0 spiro atoms. The van der Waals surface area contributed by atoms with E-state index in [1.165, 1.54) is 30.5 Å². The van der Waals surface area contributed by atoms with E-state index in [-0.39, 0.29) is 23.1 Å². The van der Waals surface area contributed by atoms with Crippen molar-refractivity contribution in [3.05, 3.63) is 69.4 Å². The van der Waals surface area contributed by atoms with E-state index in [9.17, 15) is 9.18 Å². The normalized spacial score (nSPS) is 10.6. The summed E-state index contributed by atoms with van der Waals surface area (Å²) in [5.41, 5.74) is 0.448. The SMILES string of the molecule is Cc1onc(C(=O)Nc2ncc(Cl)cc2Cl)c1COc1cccc(F)c1. The van der Waals surface area contributed by atoms with Crippen LogP contribution >= 0.6 is 23.2 Å². The summed E-state index contributed by atoms with van der Waals surface area (Å²) >= 11 is 11.8. The summed E-state index contributed by atoms with van der Waals surface area (Å²) in [6.45, 7) is 1.62. The van der Waals surface area contributed by atoms with Crippen molar-refractivity contribution in [2.24, 2.45) is 0 Å². The Hall–Kier alpha value is -2.64. The minimum Gasteiger partial charge on any atom is -0.489 e. The number of halogens is 3. The summed E-state index contributed by atoms with van der Waals surface area (Å²) in [6, 6.07) is 7.11. The molecule has 0 atom stereocenters. The Morgan fingerprint density at radius 3 is 2.88 bits per heavy atom. The molecule has 0 aliphatic rings. The van der Waals surface area contributed by atoms with Crippen LogP contribution in [0.4, 0.5) is 10.2 Å². The van der Waals surface area contributed by atoms with E-state index in [1.807, 2.05) is 0 Å². The lowest BCUT2D eigenvalue weighted by Crippen LogP contribution is -2.16. The highest BCUT2D eigenvalue weighted by molar-refractivity contribution is 6.36. The molecule has 1 N–H and O–H groups in total. The van der Waals surface area contributed by atoms with Gasteiger partial charge in [-0.05, 0) is 25.1 Å². The molecular formula is C17H12Cl2FN3O3. The number of ether oxygens (including phenoxy) is 1. The Labute approximate surface area is 157 Å². The molecule has 0 saturated carbocycles. The van der Waals surface area contributed by atoms with E-state index in [0.29, 0.717) is 22.1 Å². The monoisotopic (exact) mass is 395 g/mol. The Morgan fingerprint density at radius 2 is 2.15 bits per heavy atom. The zero-order valence-corrected chi connectivity index (χ0v) is 14.9. The first-order valence-corrected chi connectivity index (χ1v) is 8.15. The zero-order chi connectivity index (χ0) is 18.7. The summed E-state index contributed by atoms with van der Waals surface area (Å²) in [6.07, 6.45) is 1.35. The number of aryl methyl sites for hydroxylation is 1. The molecule has 0 bridgehead atoms. The fourth-order valence-electron chi connectivity index (χ4n) is 2.13. The molecule has 9 heteroatoms. The van der Waals surface area contributed by atoms with Gasteiger partial charge in [-0.15, -0.1) is 0 Å².